The Kier molecular flexibility index (Phi) is 4.31. The molecular weight excluding hydrogens is 290 g/mol. The Labute approximate surface area is 132 Å². The van der Waals surface area contributed by atoms with E-state index in [-0.39, 0.29) is 5.69 Å². The van der Waals surface area contributed by atoms with Crippen LogP contribution in [-0.2, 0) is 0 Å². The second kappa shape index (κ2) is 6.91. The molecule has 2 aliphatic rings. The van der Waals surface area contributed by atoms with Crippen LogP contribution < -0.4 is 0 Å². The smallest absolute Gasteiger partial charge is 0.172 e. The largest absolute Gasteiger partial charge is 0.464 e. The lowest BCUT2D eigenvalue weighted by Gasteiger charge is -1.90. The number of aromatic nitrogens is 4. The number of fused-ring (bicyclic) bond motifs is 2. The molecule has 2 aliphatic heterocycles. The van der Waals surface area contributed by atoms with E-state index in [0.29, 0.717) is 16.8 Å². The SMILES string of the molecule is N#Cc1nnc2cncc3ccccc3occcnccc1-2. The van der Waals surface area contributed by atoms with Crippen LogP contribution >= 0.6 is 0 Å². The quantitative estimate of drug-likeness (QED) is 0.633. The molecule has 110 valence electrons. The van der Waals surface area contributed by atoms with Gasteiger partial charge in [0.2, 0.25) is 0 Å². The van der Waals surface area contributed by atoms with E-state index in [1.807, 2.05) is 30.3 Å². The first kappa shape index (κ1) is 14.4. The van der Waals surface area contributed by atoms with Crippen LogP contribution in [0.4, 0.5) is 0 Å². The van der Waals surface area contributed by atoms with Crippen molar-refractivity contribution in [3.05, 3.63) is 73.1 Å². The Morgan fingerprint density at radius 2 is 1.83 bits per heavy atom. The summed E-state index contributed by atoms with van der Waals surface area (Å²) in [5, 5.41) is 17.7. The van der Waals surface area contributed by atoms with Crippen molar-refractivity contribution in [3.8, 4) is 17.3 Å². The van der Waals surface area contributed by atoms with E-state index in [0.717, 1.165) is 5.39 Å². The predicted molar refractivity (Wildman–Crippen MR) is 84.0 cm³/mol. The molecular formula is C17H11N5O. The average Bonchev–Trinajstić information content (AvgIpc) is 2.97. The molecule has 0 amide bonds. The minimum Gasteiger partial charge on any atom is -0.464 e. The molecule has 1 aromatic carbocycles. The van der Waals surface area contributed by atoms with Crippen LogP contribution in [0.3, 0.4) is 0 Å². The van der Waals surface area contributed by atoms with Gasteiger partial charge in [0.15, 0.2) is 5.69 Å². The number of hydrogen-bond acceptors (Lipinski definition) is 6. The number of benzene rings is 1. The van der Waals surface area contributed by atoms with Crippen molar-refractivity contribution < 1.29 is 4.42 Å². The van der Waals surface area contributed by atoms with Crippen molar-refractivity contribution >= 4 is 11.0 Å². The fourth-order valence-electron chi connectivity index (χ4n) is 1.92. The van der Waals surface area contributed by atoms with Crippen LogP contribution in [0.5, 0.6) is 0 Å². The third kappa shape index (κ3) is 3.36. The summed E-state index contributed by atoms with van der Waals surface area (Å²) in [6.45, 7) is 0. The van der Waals surface area contributed by atoms with Gasteiger partial charge < -0.3 is 4.42 Å². The van der Waals surface area contributed by atoms with E-state index in [2.05, 4.69) is 20.2 Å². The minimum absolute atomic E-state index is 0.240. The molecule has 0 saturated carbocycles. The van der Waals surface area contributed by atoms with Crippen LogP contribution in [0.15, 0.2) is 71.9 Å². The van der Waals surface area contributed by atoms with E-state index in [4.69, 9.17) is 9.68 Å². The Balaban J connectivity index is 2.27. The molecule has 0 atom stereocenters. The number of nitriles is 1. The third-order valence-corrected chi connectivity index (χ3v) is 3.00. The van der Waals surface area contributed by atoms with Crippen LogP contribution in [0.1, 0.15) is 5.69 Å². The molecule has 6 nitrogen and oxygen atoms in total. The maximum Gasteiger partial charge on any atom is 0.172 e. The number of rotatable bonds is 0. The highest BCUT2D eigenvalue weighted by Crippen LogP contribution is 2.18. The fraction of sp³-hybridized carbons (Fsp3) is 0. The van der Waals surface area contributed by atoms with Gasteiger partial charge in [0.25, 0.3) is 0 Å². The highest BCUT2D eigenvalue weighted by Gasteiger charge is 2.09. The Morgan fingerprint density at radius 1 is 0.913 bits per heavy atom. The van der Waals surface area contributed by atoms with Gasteiger partial charge in [-0.15, -0.1) is 10.2 Å². The van der Waals surface area contributed by atoms with Crippen molar-refractivity contribution in [3.63, 3.8) is 0 Å². The molecule has 0 aromatic heterocycles. The summed E-state index contributed by atoms with van der Waals surface area (Å²) in [5.41, 5.74) is 2.01. The van der Waals surface area contributed by atoms with E-state index >= 15 is 0 Å². The molecule has 0 fully saturated rings. The molecule has 0 bridgehead atoms. The molecule has 1 aromatic rings. The van der Waals surface area contributed by atoms with Crippen LogP contribution in [-0.4, -0.2) is 20.2 Å². The second-order valence-electron chi connectivity index (χ2n) is 4.46. The molecule has 0 saturated heterocycles. The van der Waals surface area contributed by atoms with E-state index < -0.39 is 0 Å². The summed E-state index contributed by atoms with van der Waals surface area (Å²) in [4.78, 5) is 8.33. The van der Waals surface area contributed by atoms with Crippen LogP contribution in [0.2, 0.25) is 0 Å². The van der Waals surface area contributed by atoms with Gasteiger partial charge in [-0.05, 0) is 24.3 Å². The predicted octanol–water partition coefficient (Wildman–Crippen LogP) is 3.24. The maximum absolute atomic E-state index is 9.08. The zero-order valence-corrected chi connectivity index (χ0v) is 12.0. The summed E-state index contributed by atoms with van der Waals surface area (Å²) in [7, 11) is 0. The van der Waals surface area contributed by atoms with Crippen molar-refractivity contribution in [2.75, 3.05) is 0 Å². The molecule has 23 heavy (non-hydrogen) atoms. The normalized spacial score (nSPS) is 9.70. The lowest BCUT2D eigenvalue weighted by Crippen LogP contribution is -1.76. The van der Waals surface area contributed by atoms with Gasteiger partial charge in [-0.1, -0.05) is 12.1 Å². The second-order valence-corrected chi connectivity index (χ2v) is 4.46. The Bertz CT molecular complexity index is 958. The van der Waals surface area contributed by atoms with E-state index in [1.54, 1.807) is 36.9 Å². The molecule has 2 heterocycles. The summed E-state index contributed by atoms with van der Waals surface area (Å²) in [6, 6.07) is 12.9. The first-order valence-electron chi connectivity index (χ1n) is 6.79. The zero-order chi connectivity index (χ0) is 15.9. The van der Waals surface area contributed by atoms with E-state index in [1.165, 1.54) is 6.26 Å². The van der Waals surface area contributed by atoms with Gasteiger partial charge in [-0.25, -0.2) is 0 Å². The molecule has 0 radical (unpaired) electrons. The first-order valence-corrected chi connectivity index (χ1v) is 6.79. The Hall–Kier alpha value is -3.59. The topological polar surface area (TPSA) is 88.5 Å². The van der Waals surface area contributed by atoms with Crippen LogP contribution in [0, 0.1) is 11.3 Å². The zero-order valence-electron chi connectivity index (χ0n) is 12.0. The maximum atomic E-state index is 9.08. The number of para-hydroxylation sites is 1. The first-order chi connectivity index (χ1) is 11.4. The monoisotopic (exact) mass is 301 g/mol. The molecule has 0 aliphatic carbocycles. The van der Waals surface area contributed by atoms with Gasteiger partial charge in [0.1, 0.15) is 17.3 Å². The van der Waals surface area contributed by atoms with Gasteiger partial charge in [0, 0.05) is 29.5 Å². The highest BCUT2D eigenvalue weighted by molar-refractivity contribution is 5.74. The van der Waals surface area contributed by atoms with Gasteiger partial charge in [0.05, 0.1) is 12.5 Å². The lowest BCUT2D eigenvalue weighted by atomic mass is 10.2. The third-order valence-electron chi connectivity index (χ3n) is 3.00. The summed E-state index contributed by atoms with van der Waals surface area (Å²) < 4.78 is 5.55. The van der Waals surface area contributed by atoms with Crippen LogP contribution in [0.25, 0.3) is 22.2 Å². The molecule has 0 N–H and O–H groups in total. The van der Waals surface area contributed by atoms with Gasteiger partial charge >= 0.3 is 0 Å². The average molecular weight is 301 g/mol. The number of nitrogens with zero attached hydrogens (tertiary/aromatic N) is 5. The summed E-state index contributed by atoms with van der Waals surface area (Å²) >= 11 is 0. The summed E-state index contributed by atoms with van der Waals surface area (Å²) in [6.07, 6.45) is 7.90. The molecule has 6 heteroatoms. The molecule has 0 spiro atoms. The Morgan fingerprint density at radius 3 is 2.74 bits per heavy atom. The van der Waals surface area contributed by atoms with Gasteiger partial charge in [-0.2, -0.15) is 5.26 Å². The van der Waals surface area contributed by atoms with Gasteiger partial charge in [-0.3, -0.25) is 9.97 Å². The minimum atomic E-state index is 0.240. The van der Waals surface area contributed by atoms with Crippen molar-refractivity contribution in [2.45, 2.75) is 0 Å². The molecule has 0 unspecified atom stereocenters. The summed E-state index contributed by atoms with van der Waals surface area (Å²) in [5.74, 6) is 0. The van der Waals surface area contributed by atoms with E-state index in [9.17, 15) is 0 Å². The standard InChI is InChI=1S/C17H11N5O/c18-10-15-14-6-8-19-7-3-9-23-17-5-2-1-4-13(17)11-20-12-16(14)22-21-15/h1-9,11-12H. The number of hydrogen-bond donors (Lipinski definition) is 0. The fourth-order valence-corrected chi connectivity index (χ4v) is 1.92. The molecule has 3 rings (SSSR count). The lowest BCUT2D eigenvalue weighted by molar-refractivity contribution is 0.606. The highest BCUT2D eigenvalue weighted by atomic mass is 16.3. The van der Waals surface area contributed by atoms with Crippen molar-refractivity contribution in [2.24, 2.45) is 0 Å². The van der Waals surface area contributed by atoms with Crippen molar-refractivity contribution in [1.82, 2.24) is 20.2 Å². The van der Waals surface area contributed by atoms with Crippen molar-refractivity contribution in [1.29, 1.82) is 5.26 Å².